The molecule has 0 fully saturated rings. The second-order valence-electron chi connectivity index (χ2n) is 4.49. The molecule has 0 aliphatic heterocycles. The molecule has 0 spiro atoms. The molecular formula is C16H17FN2. The van der Waals surface area contributed by atoms with Crippen molar-refractivity contribution in [3.05, 3.63) is 59.9 Å². The number of nitrogens with one attached hydrogen (secondary N) is 1. The van der Waals surface area contributed by atoms with E-state index in [1.54, 1.807) is 6.07 Å². The lowest BCUT2D eigenvalue weighted by Crippen LogP contribution is -2.02. The van der Waals surface area contributed by atoms with Crippen LogP contribution in [-0.4, -0.2) is 7.05 Å². The number of rotatable bonds is 3. The van der Waals surface area contributed by atoms with Gasteiger partial charge in [-0.3, -0.25) is 0 Å². The summed E-state index contributed by atoms with van der Waals surface area (Å²) < 4.78 is 13.6. The molecule has 0 amide bonds. The average molecular weight is 256 g/mol. The summed E-state index contributed by atoms with van der Waals surface area (Å²) in [6, 6.07) is 11.0. The van der Waals surface area contributed by atoms with E-state index in [0.29, 0.717) is 0 Å². The molecule has 0 atom stereocenters. The first-order valence-corrected chi connectivity index (χ1v) is 6.06. The van der Waals surface area contributed by atoms with Gasteiger partial charge in [0.25, 0.3) is 0 Å². The van der Waals surface area contributed by atoms with Gasteiger partial charge < -0.3 is 11.1 Å². The molecule has 0 aliphatic carbocycles. The summed E-state index contributed by atoms with van der Waals surface area (Å²) in [5.74, 6) is -0.385. The third kappa shape index (κ3) is 2.60. The van der Waals surface area contributed by atoms with Gasteiger partial charge in [0.15, 0.2) is 0 Å². The summed E-state index contributed by atoms with van der Waals surface area (Å²) >= 11 is 0. The number of nitrogens with two attached hydrogens (primary N) is 1. The Kier molecular flexibility index (Phi) is 3.56. The van der Waals surface area contributed by atoms with E-state index in [0.717, 1.165) is 28.0 Å². The second kappa shape index (κ2) is 5.14. The van der Waals surface area contributed by atoms with Crippen molar-refractivity contribution in [2.45, 2.75) is 6.92 Å². The first-order valence-electron chi connectivity index (χ1n) is 6.06. The maximum absolute atomic E-state index is 13.6. The number of hydrogen-bond donors (Lipinski definition) is 2. The van der Waals surface area contributed by atoms with Crippen LogP contribution in [-0.2, 0) is 0 Å². The van der Waals surface area contributed by atoms with Crippen molar-refractivity contribution < 1.29 is 4.39 Å². The highest BCUT2D eigenvalue weighted by atomic mass is 19.1. The predicted octanol–water partition coefficient (Wildman–Crippen LogP) is 3.57. The van der Waals surface area contributed by atoms with Crippen LogP contribution in [0.25, 0.3) is 16.8 Å². The van der Waals surface area contributed by atoms with Crippen LogP contribution in [0.3, 0.4) is 0 Å². The van der Waals surface area contributed by atoms with Crippen LogP contribution in [0.2, 0.25) is 0 Å². The Balaban J connectivity index is 2.43. The molecule has 98 valence electrons. The Hall–Kier alpha value is -2.29. The van der Waals surface area contributed by atoms with Crippen LogP contribution in [0.1, 0.15) is 11.1 Å². The lowest BCUT2D eigenvalue weighted by Gasteiger charge is -2.10. The largest absolute Gasteiger partial charge is 0.396 e. The molecule has 0 unspecified atom stereocenters. The standard InChI is InChI=1S/C16H17FN2/c1-10-8-16(18)15(17)9-14(10)13-6-4-12(5-7-13)11(2)19-3/h4-9,19H,2,18H2,1,3H3. The van der Waals surface area contributed by atoms with Crippen molar-refractivity contribution in [1.29, 1.82) is 0 Å². The van der Waals surface area contributed by atoms with Crippen molar-refractivity contribution in [2.24, 2.45) is 0 Å². The summed E-state index contributed by atoms with van der Waals surface area (Å²) in [7, 11) is 1.83. The van der Waals surface area contributed by atoms with Crippen molar-refractivity contribution in [3.63, 3.8) is 0 Å². The van der Waals surface area contributed by atoms with Crippen LogP contribution in [0.5, 0.6) is 0 Å². The molecule has 0 saturated heterocycles. The summed E-state index contributed by atoms with van der Waals surface area (Å²) in [6.07, 6.45) is 0. The van der Waals surface area contributed by atoms with E-state index in [2.05, 4.69) is 11.9 Å². The van der Waals surface area contributed by atoms with Gasteiger partial charge in [0.2, 0.25) is 0 Å². The predicted molar refractivity (Wildman–Crippen MR) is 79.1 cm³/mol. The third-order valence-corrected chi connectivity index (χ3v) is 3.19. The van der Waals surface area contributed by atoms with Crippen LogP contribution < -0.4 is 11.1 Å². The number of anilines is 1. The molecule has 2 aromatic carbocycles. The van der Waals surface area contributed by atoms with Gasteiger partial charge in [-0.1, -0.05) is 30.8 Å². The molecule has 3 N–H and O–H groups in total. The van der Waals surface area contributed by atoms with Gasteiger partial charge in [-0.15, -0.1) is 0 Å². The smallest absolute Gasteiger partial charge is 0.146 e. The first-order chi connectivity index (χ1) is 9.02. The van der Waals surface area contributed by atoms with Crippen molar-refractivity contribution in [1.82, 2.24) is 5.32 Å². The van der Waals surface area contributed by atoms with E-state index < -0.39 is 0 Å². The van der Waals surface area contributed by atoms with E-state index in [4.69, 9.17) is 5.73 Å². The Morgan fingerprint density at radius 3 is 2.42 bits per heavy atom. The molecule has 0 bridgehead atoms. The van der Waals surface area contributed by atoms with E-state index >= 15 is 0 Å². The van der Waals surface area contributed by atoms with Crippen LogP contribution >= 0.6 is 0 Å². The Morgan fingerprint density at radius 1 is 1.21 bits per heavy atom. The highest BCUT2D eigenvalue weighted by Gasteiger charge is 2.07. The van der Waals surface area contributed by atoms with Crippen LogP contribution in [0.15, 0.2) is 43.0 Å². The Bertz CT molecular complexity index is 615. The molecule has 3 heteroatoms. The van der Waals surface area contributed by atoms with Gasteiger partial charge in [-0.05, 0) is 41.3 Å². The summed E-state index contributed by atoms with van der Waals surface area (Å²) in [4.78, 5) is 0. The monoisotopic (exact) mass is 256 g/mol. The summed E-state index contributed by atoms with van der Waals surface area (Å²) in [5, 5.41) is 3.00. The van der Waals surface area contributed by atoms with Crippen LogP contribution in [0.4, 0.5) is 10.1 Å². The minimum absolute atomic E-state index is 0.182. The Morgan fingerprint density at radius 2 is 1.84 bits per heavy atom. The zero-order valence-corrected chi connectivity index (χ0v) is 11.1. The van der Waals surface area contributed by atoms with Gasteiger partial charge in [-0.2, -0.15) is 0 Å². The number of nitrogen functional groups attached to an aromatic ring is 1. The van der Waals surface area contributed by atoms with Crippen molar-refractivity contribution in [2.75, 3.05) is 12.8 Å². The van der Waals surface area contributed by atoms with Gasteiger partial charge in [0, 0.05) is 12.7 Å². The normalized spacial score (nSPS) is 10.3. The number of benzene rings is 2. The number of aryl methyl sites for hydroxylation is 1. The number of hydrogen-bond acceptors (Lipinski definition) is 2. The topological polar surface area (TPSA) is 38.0 Å². The second-order valence-corrected chi connectivity index (χ2v) is 4.49. The fraction of sp³-hybridized carbons (Fsp3) is 0.125. The summed E-state index contributed by atoms with van der Waals surface area (Å²) in [6.45, 7) is 5.82. The highest BCUT2D eigenvalue weighted by molar-refractivity contribution is 5.72. The molecule has 0 saturated carbocycles. The average Bonchev–Trinajstić information content (AvgIpc) is 2.42. The fourth-order valence-electron chi connectivity index (χ4n) is 2.01. The van der Waals surface area contributed by atoms with E-state index in [9.17, 15) is 4.39 Å². The molecular weight excluding hydrogens is 239 g/mol. The van der Waals surface area contributed by atoms with E-state index in [-0.39, 0.29) is 11.5 Å². The quantitative estimate of drug-likeness (QED) is 0.824. The highest BCUT2D eigenvalue weighted by Crippen LogP contribution is 2.28. The molecule has 0 aromatic heterocycles. The molecule has 19 heavy (non-hydrogen) atoms. The fourth-order valence-corrected chi connectivity index (χ4v) is 2.01. The molecule has 0 radical (unpaired) electrons. The maximum atomic E-state index is 13.6. The lowest BCUT2D eigenvalue weighted by atomic mass is 9.98. The zero-order valence-electron chi connectivity index (χ0n) is 11.1. The summed E-state index contributed by atoms with van der Waals surface area (Å²) in [5.41, 5.74) is 10.4. The minimum Gasteiger partial charge on any atom is -0.396 e. The van der Waals surface area contributed by atoms with Gasteiger partial charge in [-0.25, -0.2) is 4.39 Å². The SMILES string of the molecule is C=C(NC)c1ccc(-c2cc(F)c(N)cc2C)cc1. The third-order valence-electron chi connectivity index (χ3n) is 3.19. The minimum atomic E-state index is -0.385. The van der Waals surface area contributed by atoms with Crippen molar-refractivity contribution in [3.8, 4) is 11.1 Å². The van der Waals surface area contributed by atoms with E-state index in [1.807, 2.05) is 38.2 Å². The Labute approximate surface area is 112 Å². The molecule has 0 aliphatic rings. The lowest BCUT2D eigenvalue weighted by molar-refractivity contribution is 0.632. The molecule has 0 heterocycles. The maximum Gasteiger partial charge on any atom is 0.146 e. The van der Waals surface area contributed by atoms with Gasteiger partial charge in [0.05, 0.1) is 5.69 Å². The molecule has 2 nitrogen and oxygen atoms in total. The molecule has 2 aromatic rings. The van der Waals surface area contributed by atoms with Gasteiger partial charge >= 0.3 is 0 Å². The van der Waals surface area contributed by atoms with Gasteiger partial charge in [0.1, 0.15) is 5.82 Å². The van der Waals surface area contributed by atoms with Crippen molar-refractivity contribution >= 4 is 11.4 Å². The zero-order chi connectivity index (χ0) is 14.0. The number of halogens is 1. The molecule has 2 rings (SSSR count). The van der Waals surface area contributed by atoms with Crippen LogP contribution in [0, 0.1) is 12.7 Å². The van der Waals surface area contributed by atoms with E-state index in [1.165, 1.54) is 6.07 Å². The first kappa shape index (κ1) is 13.1.